The van der Waals surface area contributed by atoms with Crippen molar-refractivity contribution in [2.75, 3.05) is 0 Å². The van der Waals surface area contributed by atoms with Crippen molar-refractivity contribution in [1.82, 2.24) is 9.36 Å². The van der Waals surface area contributed by atoms with Crippen molar-refractivity contribution in [3.8, 4) is 0 Å². The van der Waals surface area contributed by atoms with Gasteiger partial charge in [0.2, 0.25) is 0 Å². The van der Waals surface area contributed by atoms with Crippen LogP contribution in [0, 0.1) is 5.92 Å². The SMILES string of the molecule is CCC1CCC(c2nsc(Br)n2)C1. The number of hydrogen-bond acceptors (Lipinski definition) is 3. The van der Waals surface area contributed by atoms with Gasteiger partial charge in [-0.1, -0.05) is 13.3 Å². The number of aromatic nitrogens is 2. The van der Waals surface area contributed by atoms with E-state index in [9.17, 15) is 0 Å². The van der Waals surface area contributed by atoms with E-state index in [1.54, 1.807) is 0 Å². The van der Waals surface area contributed by atoms with Crippen LogP contribution in [0.3, 0.4) is 0 Å². The second-order valence-electron chi connectivity index (χ2n) is 3.69. The zero-order valence-corrected chi connectivity index (χ0v) is 10.1. The number of hydrogen-bond donors (Lipinski definition) is 0. The van der Waals surface area contributed by atoms with Gasteiger partial charge in [0, 0.05) is 5.92 Å². The van der Waals surface area contributed by atoms with E-state index in [4.69, 9.17) is 0 Å². The smallest absolute Gasteiger partial charge is 0.179 e. The highest BCUT2D eigenvalue weighted by Gasteiger charge is 2.27. The summed E-state index contributed by atoms with van der Waals surface area (Å²) < 4.78 is 5.27. The van der Waals surface area contributed by atoms with Crippen LogP contribution in [0.25, 0.3) is 0 Å². The molecular formula is C9H13BrN2S. The molecule has 1 aromatic rings. The Morgan fingerprint density at radius 1 is 1.54 bits per heavy atom. The van der Waals surface area contributed by atoms with Crippen LogP contribution in [0.15, 0.2) is 3.92 Å². The Morgan fingerprint density at radius 3 is 2.92 bits per heavy atom. The van der Waals surface area contributed by atoms with E-state index in [1.165, 1.54) is 37.2 Å². The van der Waals surface area contributed by atoms with E-state index < -0.39 is 0 Å². The fourth-order valence-electron chi connectivity index (χ4n) is 2.06. The predicted molar refractivity (Wildman–Crippen MR) is 58.0 cm³/mol. The lowest BCUT2D eigenvalue weighted by Crippen LogP contribution is -1.96. The van der Waals surface area contributed by atoms with Gasteiger partial charge in [-0.05, 0) is 52.6 Å². The minimum absolute atomic E-state index is 0.632. The van der Waals surface area contributed by atoms with Gasteiger partial charge in [-0.25, -0.2) is 4.98 Å². The van der Waals surface area contributed by atoms with Crippen molar-refractivity contribution in [3.05, 3.63) is 9.74 Å². The first-order valence-electron chi connectivity index (χ1n) is 4.78. The van der Waals surface area contributed by atoms with Crippen LogP contribution in [-0.2, 0) is 0 Å². The topological polar surface area (TPSA) is 25.8 Å². The number of rotatable bonds is 2. The van der Waals surface area contributed by atoms with Crippen molar-refractivity contribution in [1.29, 1.82) is 0 Å². The van der Waals surface area contributed by atoms with Crippen molar-refractivity contribution >= 4 is 27.5 Å². The minimum atomic E-state index is 0.632. The van der Waals surface area contributed by atoms with Crippen LogP contribution < -0.4 is 0 Å². The Morgan fingerprint density at radius 2 is 2.38 bits per heavy atom. The highest BCUT2D eigenvalue weighted by molar-refractivity contribution is 9.11. The molecule has 0 saturated heterocycles. The average molecular weight is 261 g/mol. The fourth-order valence-corrected chi connectivity index (χ4v) is 2.95. The van der Waals surface area contributed by atoms with Crippen molar-refractivity contribution in [2.24, 2.45) is 5.92 Å². The molecule has 2 nitrogen and oxygen atoms in total. The van der Waals surface area contributed by atoms with Crippen LogP contribution in [0.4, 0.5) is 0 Å². The Hall–Kier alpha value is 0.0400. The van der Waals surface area contributed by atoms with Crippen LogP contribution in [-0.4, -0.2) is 9.36 Å². The predicted octanol–water partition coefficient (Wildman–Crippen LogP) is 3.59. The highest BCUT2D eigenvalue weighted by atomic mass is 79.9. The van der Waals surface area contributed by atoms with Gasteiger partial charge in [0.15, 0.2) is 3.92 Å². The maximum atomic E-state index is 4.39. The average Bonchev–Trinajstić information content (AvgIpc) is 2.71. The zero-order chi connectivity index (χ0) is 9.26. The molecule has 0 aliphatic heterocycles. The quantitative estimate of drug-likeness (QED) is 0.813. The third-order valence-corrected chi connectivity index (χ3v) is 4.03. The lowest BCUT2D eigenvalue weighted by molar-refractivity contribution is 0.517. The summed E-state index contributed by atoms with van der Waals surface area (Å²) in [5, 5.41) is 0. The van der Waals surface area contributed by atoms with E-state index >= 15 is 0 Å². The molecule has 0 N–H and O–H groups in total. The van der Waals surface area contributed by atoms with E-state index in [2.05, 4.69) is 32.2 Å². The molecule has 0 amide bonds. The molecule has 1 aromatic heterocycles. The summed E-state index contributed by atoms with van der Waals surface area (Å²) in [6.45, 7) is 2.28. The van der Waals surface area contributed by atoms with E-state index in [-0.39, 0.29) is 0 Å². The molecule has 1 aliphatic rings. The molecule has 13 heavy (non-hydrogen) atoms. The molecule has 1 aliphatic carbocycles. The van der Waals surface area contributed by atoms with Gasteiger partial charge in [-0.15, -0.1) is 0 Å². The molecule has 2 unspecified atom stereocenters. The molecule has 0 bridgehead atoms. The Labute approximate surface area is 91.1 Å². The summed E-state index contributed by atoms with van der Waals surface area (Å²) in [5.74, 6) is 2.60. The molecule has 4 heteroatoms. The highest BCUT2D eigenvalue weighted by Crippen LogP contribution is 2.39. The molecule has 2 atom stereocenters. The molecule has 0 radical (unpaired) electrons. The molecule has 0 spiro atoms. The van der Waals surface area contributed by atoms with Gasteiger partial charge in [-0.3, -0.25) is 0 Å². The molecule has 1 fully saturated rings. The van der Waals surface area contributed by atoms with Gasteiger partial charge >= 0.3 is 0 Å². The van der Waals surface area contributed by atoms with E-state index in [1.807, 2.05) is 0 Å². The number of halogens is 1. The summed E-state index contributed by atoms with van der Waals surface area (Å²) in [6, 6.07) is 0. The first-order valence-corrected chi connectivity index (χ1v) is 6.35. The van der Waals surface area contributed by atoms with Crippen molar-refractivity contribution in [3.63, 3.8) is 0 Å². The molecule has 1 saturated carbocycles. The summed E-state index contributed by atoms with van der Waals surface area (Å²) in [5.41, 5.74) is 0. The van der Waals surface area contributed by atoms with Crippen molar-refractivity contribution < 1.29 is 0 Å². The van der Waals surface area contributed by atoms with Crippen molar-refractivity contribution in [2.45, 2.75) is 38.5 Å². The summed E-state index contributed by atoms with van der Waals surface area (Å²) >= 11 is 4.81. The fraction of sp³-hybridized carbons (Fsp3) is 0.778. The maximum absolute atomic E-state index is 4.39. The third-order valence-electron chi connectivity index (χ3n) is 2.90. The molecule has 1 heterocycles. The van der Waals surface area contributed by atoms with Crippen LogP contribution >= 0.6 is 27.5 Å². The Balaban J connectivity index is 2.03. The first kappa shape index (κ1) is 9.59. The molecule has 72 valence electrons. The van der Waals surface area contributed by atoms with Gasteiger partial charge < -0.3 is 0 Å². The standard InChI is InChI=1S/C9H13BrN2S/c1-2-6-3-4-7(5-6)8-11-9(10)13-12-8/h6-7H,2-5H2,1H3. The Bertz CT molecular complexity index is 287. The van der Waals surface area contributed by atoms with E-state index in [0.717, 1.165) is 15.7 Å². The molecule has 2 rings (SSSR count). The molecular weight excluding hydrogens is 248 g/mol. The van der Waals surface area contributed by atoms with Crippen LogP contribution in [0.1, 0.15) is 44.3 Å². The van der Waals surface area contributed by atoms with Gasteiger partial charge in [-0.2, -0.15) is 4.37 Å². The summed E-state index contributed by atoms with van der Waals surface area (Å²) in [6.07, 6.45) is 5.24. The maximum Gasteiger partial charge on any atom is 0.179 e. The third kappa shape index (κ3) is 2.10. The first-order chi connectivity index (χ1) is 6.29. The normalized spacial score (nSPS) is 28.2. The molecule has 0 aromatic carbocycles. The zero-order valence-electron chi connectivity index (χ0n) is 7.66. The van der Waals surface area contributed by atoms with Crippen LogP contribution in [0.2, 0.25) is 0 Å². The lowest BCUT2D eigenvalue weighted by atomic mass is 10.0. The number of nitrogens with zero attached hydrogens (tertiary/aromatic N) is 2. The summed E-state index contributed by atoms with van der Waals surface area (Å²) in [7, 11) is 0. The largest absolute Gasteiger partial charge is 0.212 e. The lowest BCUT2D eigenvalue weighted by Gasteiger charge is -2.04. The minimum Gasteiger partial charge on any atom is -0.212 e. The summed E-state index contributed by atoms with van der Waals surface area (Å²) in [4.78, 5) is 4.39. The van der Waals surface area contributed by atoms with Gasteiger partial charge in [0.25, 0.3) is 0 Å². The van der Waals surface area contributed by atoms with Gasteiger partial charge in [0.05, 0.1) is 0 Å². The second kappa shape index (κ2) is 4.05. The second-order valence-corrected chi connectivity index (χ2v) is 5.72. The van der Waals surface area contributed by atoms with E-state index in [0.29, 0.717) is 5.92 Å². The van der Waals surface area contributed by atoms with Gasteiger partial charge in [0.1, 0.15) is 5.82 Å². The monoisotopic (exact) mass is 260 g/mol. The van der Waals surface area contributed by atoms with Crippen LogP contribution in [0.5, 0.6) is 0 Å². The Kier molecular flexibility index (Phi) is 2.99.